The van der Waals surface area contributed by atoms with E-state index in [1.165, 1.54) is 18.5 Å². The molecule has 0 aliphatic carbocycles. The van der Waals surface area contributed by atoms with Crippen molar-refractivity contribution in [1.82, 2.24) is 19.7 Å². The molecule has 3 aromatic rings. The Bertz CT molecular complexity index is 828. The van der Waals surface area contributed by atoms with E-state index in [4.69, 9.17) is 0 Å². The zero-order valence-electron chi connectivity index (χ0n) is 13.0. The Labute approximate surface area is 133 Å². The average molecular weight is 315 g/mol. The SMILES string of the molecule is CCC(CO)Nc1ncnc2c1c(C)nn2-c1cccc(F)c1. The van der Waals surface area contributed by atoms with Gasteiger partial charge in [0.05, 0.1) is 29.4 Å². The van der Waals surface area contributed by atoms with Crippen molar-refractivity contribution in [2.45, 2.75) is 26.3 Å². The average Bonchev–Trinajstić information content (AvgIpc) is 2.90. The maximum absolute atomic E-state index is 13.5. The fourth-order valence-corrected chi connectivity index (χ4v) is 2.48. The molecule has 0 saturated carbocycles. The van der Waals surface area contributed by atoms with Gasteiger partial charge in [0.1, 0.15) is 18.0 Å². The van der Waals surface area contributed by atoms with Crippen LogP contribution < -0.4 is 5.32 Å². The van der Waals surface area contributed by atoms with Gasteiger partial charge >= 0.3 is 0 Å². The van der Waals surface area contributed by atoms with Crippen molar-refractivity contribution in [1.29, 1.82) is 0 Å². The summed E-state index contributed by atoms with van der Waals surface area (Å²) in [5, 5.41) is 17.8. The molecule has 7 heteroatoms. The molecule has 1 unspecified atom stereocenters. The van der Waals surface area contributed by atoms with E-state index in [0.29, 0.717) is 17.2 Å². The molecule has 120 valence electrons. The number of aliphatic hydroxyl groups is 1. The standard InChI is InChI=1S/C16H18FN5O/c1-3-12(8-23)20-15-14-10(2)21-22(16(14)19-9-18-15)13-6-4-5-11(17)7-13/h4-7,9,12,23H,3,8H2,1-2H3,(H,18,19,20). The number of fused-ring (bicyclic) bond motifs is 1. The van der Waals surface area contributed by atoms with E-state index in [9.17, 15) is 9.50 Å². The molecule has 2 heterocycles. The van der Waals surface area contributed by atoms with E-state index in [1.54, 1.807) is 16.8 Å². The summed E-state index contributed by atoms with van der Waals surface area (Å²) >= 11 is 0. The van der Waals surface area contributed by atoms with Gasteiger partial charge in [0.2, 0.25) is 0 Å². The number of rotatable bonds is 5. The Morgan fingerprint density at radius 1 is 1.35 bits per heavy atom. The van der Waals surface area contributed by atoms with Gasteiger partial charge in [0.25, 0.3) is 0 Å². The van der Waals surface area contributed by atoms with Crippen molar-refractivity contribution in [2.75, 3.05) is 11.9 Å². The largest absolute Gasteiger partial charge is 0.394 e. The van der Waals surface area contributed by atoms with E-state index >= 15 is 0 Å². The Morgan fingerprint density at radius 2 is 2.17 bits per heavy atom. The number of aromatic nitrogens is 4. The van der Waals surface area contributed by atoms with Crippen molar-refractivity contribution in [2.24, 2.45) is 0 Å². The molecular weight excluding hydrogens is 297 g/mol. The molecule has 0 aliphatic rings. The highest BCUT2D eigenvalue weighted by Crippen LogP contribution is 2.26. The molecule has 2 aromatic heterocycles. The number of benzene rings is 1. The molecule has 0 aliphatic heterocycles. The van der Waals surface area contributed by atoms with Crippen LogP contribution in [0, 0.1) is 12.7 Å². The molecule has 0 bridgehead atoms. The third kappa shape index (κ3) is 2.87. The van der Waals surface area contributed by atoms with Crippen LogP contribution >= 0.6 is 0 Å². The molecule has 6 nitrogen and oxygen atoms in total. The summed E-state index contributed by atoms with van der Waals surface area (Å²) in [4.78, 5) is 8.56. The van der Waals surface area contributed by atoms with Crippen molar-refractivity contribution >= 4 is 16.9 Å². The minimum atomic E-state index is -0.331. The van der Waals surface area contributed by atoms with E-state index < -0.39 is 0 Å². The minimum Gasteiger partial charge on any atom is -0.394 e. The van der Waals surface area contributed by atoms with Gasteiger partial charge in [-0.3, -0.25) is 0 Å². The highest BCUT2D eigenvalue weighted by molar-refractivity contribution is 5.90. The first-order valence-electron chi connectivity index (χ1n) is 7.47. The first-order chi connectivity index (χ1) is 11.1. The highest BCUT2D eigenvalue weighted by atomic mass is 19.1. The van der Waals surface area contributed by atoms with Crippen LogP contribution in [-0.2, 0) is 0 Å². The lowest BCUT2D eigenvalue weighted by Crippen LogP contribution is -2.23. The Kier molecular flexibility index (Phi) is 4.20. The summed E-state index contributed by atoms with van der Waals surface area (Å²) < 4.78 is 15.1. The third-order valence-electron chi connectivity index (χ3n) is 3.75. The van der Waals surface area contributed by atoms with Crippen LogP contribution in [0.5, 0.6) is 0 Å². The van der Waals surface area contributed by atoms with E-state index in [0.717, 1.165) is 17.5 Å². The third-order valence-corrected chi connectivity index (χ3v) is 3.75. The fraction of sp³-hybridized carbons (Fsp3) is 0.312. The van der Waals surface area contributed by atoms with E-state index in [1.807, 2.05) is 13.8 Å². The Balaban J connectivity index is 2.13. The van der Waals surface area contributed by atoms with E-state index in [2.05, 4.69) is 20.4 Å². The maximum Gasteiger partial charge on any atom is 0.168 e. The van der Waals surface area contributed by atoms with Gasteiger partial charge < -0.3 is 10.4 Å². The molecule has 23 heavy (non-hydrogen) atoms. The number of aliphatic hydroxyl groups excluding tert-OH is 1. The van der Waals surface area contributed by atoms with Crippen LogP contribution in [0.4, 0.5) is 10.2 Å². The number of aryl methyl sites for hydroxylation is 1. The molecule has 3 rings (SSSR count). The van der Waals surface area contributed by atoms with Gasteiger partial charge in [-0.2, -0.15) is 5.10 Å². The summed E-state index contributed by atoms with van der Waals surface area (Å²) in [5.41, 5.74) is 1.93. The van der Waals surface area contributed by atoms with Gasteiger partial charge in [-0.25, -0.2) is 19.0 Å². The van der Waals surface area contributed by atoms with Gasteiger partial charge in [-0.15, -0.1) is 0 Å². The molecule has 0 saturated heterocycles. The summed E-state index contributed by atoms with van der Waals surface area (Å²) in [6, 6.07) is 6.10. The maximum atomic E-state index is 13.5. The van der Waals surface area contributed by atoms with Gasteiger partial charge in [-0.1, -0.05) is 13.0 Å². The van der Waals surface area contributed by atoms with Crippen LogP contribution in [0.2, 0.25) is 0 Å². The molecule has 2 N–H and O–H groups in total. The van der Waals surface area contributed by atoms with Crippen molar-refractivity contribution in [3.05, 3.63) is 42.1 Å². The number of hydrogen-bond acceptors (Lipinski definition) is 5. The minimum absolute atomic E-state index is 0.0130. The Morgan fingerprint density at radius 3 is 2.87 bits per heavy atom. The molecule has 0 radical (unpaired) electrons. The predicted molar refractivity (Wildman–Crippen MR) is 86.1 cm³/mol. The van der Waals surface area contributed by atoms with Crippen LogP contribution in [-0.4, -0.2) is 37.5 Å². The second-order valence-electron chi connectivity index (χ2n) is 5.33. The topological polar surface area (TPSA) is 75.9 Å². The normalized spacial score (nSPS) is 12.5. The molecule has 0 fully saturated rings. The zero-order chi connectivity index (χ0) is 16.4. The molecule has 0 amide bonds. The van der Waals surface area contributed by atoms with Crippen LogP contribution in [0.25, 0.3) is 16.7 Å². The smallest absolute Gasteiger partial charge is 0.168 e. The summed E-state index contributed by atoms with van der Waals surface area (Å²) in [6.45, 7) is 3.85. The number of halogens is 1. The quantitative estimate of drug-likeness (QED) is 0.756. The second-order valence-corrected chi connectivity index (χ2v) is 5.33. The Hall–Kier alpha value is -2.54. The monoisotopic (exact) mass is 315 g/mol. The fourth-order valence-electron chi connectivity index (χ4n) is 2.48. The van der Waals surface area contributed by atoms with Crippen molar-refractivity contribution < 1.29 is 9.50 Å². The van der Waals surface area contributed by atoms with Gasteiger partial charge in [-0.05, 0) is 31.5 Å². The van der Waals surface area contributed by atoms with Gasteiger partial charge in [0, 0.05) is 0 Å². The van der Waals surface area contributed by atoms with Crippen LogP contribution in [0.15, 0.2) is 30.6 Å². The number of nitrogens with one attached hydrogen (secondary N) is 1. The lowest BCUT2D eigenvalue weighted by molar-refractivity contribution is 0.271. The highest BCUT2D eigenvalue weighted by Gasteiger charge is 2.17. The number of nitrogens with zero attached hydrogens (tertiary/aromatic N) is 4. The molecule has 1 aromatic carbocycles. The van der Waals surface area contributed by atoms with Crippen molar-refractivity contribution in [3.63, 3.8) is 0 Å². The predicted octanol–water partition coefficient (Wildman–Crippen LogP) is 2.45. The molecular formula is C16H18FN5O. The van der Waals surface area contributed by atoms with Crippen molar-refractivity contribution in [3.8, 4) is 5.69 Å². The second kappa shape index (κ2) is 6.29. The lowest BCUT2D eigenvalue weighted by atomic mass is 10.2. The summed E-state index contributed by atoms with van der Waals surface area (Å²) in [7, 11) is 0. The van der Waals surface area contributed by atoms with Crippen LogP contribution in [0.3, 0.4) is 0 Å². The molecule has 1 atom stereocenters. The van der Waals surface area contributed by atoms with Gasteiger partial charge in [0.15, 0.2) is 5.65 Å². The van der Waals surface area contributed by atoms with Crippen LogP contribution in [0.1, 0.15) is 19.0 Å². The number of hydrogen-bond donors (Lipinski definition) is 2. The number of anilines is 1. The first-order valence-corrected chi connectivity index (χ1v) is 7.47. The zero-order valence-corrected chi connectivity index (χ0v) is 13.0. The summed E-state index contributed by atoms with van der Waals surface area (Å²) in [6.07, 6.45) is 2.20. The molecule has 0 spiro atoms. The van der Waals surface area contributed by atoms with E-state index in [-0.39, 0.29) is 18.5 Å². The summed E-state index contributed by atoms with van der Waals surface area (Å²) in [5.74, 6) is 0.290. The first kappa shape index (κ1) is 15.4. The lowest BCUT2D eigenvalue weighted by Gasteiger charge is -2.15.